The minimum atomic E-state index is -0.954. The van der Waals surface area contributed by atoms with E-state index in [9.17, 15) is 19.5 Å². The van der Waals surface area contributed by atoms with E-state index in [-0.39, 0.29) is 18.4 Å². The Bertz CT molecular complexity index is 495. The van der Waals surface area contributed by atoms with Gasteiger partial charge in [0.05, 0.1) is 6.54 Å². The van der Waals surface area contributed by atoms with Crippen molar-refractivity contribution >= 4 is 17.8 Å². The van der Waals surface area contributed by atoms with Crippen molar-refractivity contribution in [3.05, 3.63) is 0 Å². The fourth-order valence-electron chi connectivity index (χ4n) is 4.14. The zero-order chi connectivity index (χ0) is 18.4. The summed E-state index contributed by atoms with van der Waals surface area (Å²) in [6.07, 6.45) is 6.92. The van der Waals surface area contributed by atoms with Gasteiger partial charge in [-0.3, -0.25) is 19.3 Å². The first-order valence-electron chi connectivity index (χ1n) is 9.41. The molecule has 0 aromatic carbocycles. The quantitative estimate of drug-likeness (QED) is 0.715. The largest absolute Gasteiger partial charge is 0.480 e. The van der Waals surface area contributed by atoms with Gasteiger partial charge in [0.15, 0.2) is 0 Å². The standard InChI is InChI=1S/C18H31N3O4/c1-13(18(24)25)20(11-9-19-14(2)22)12-17(23)21-10-5-7-15-6-3-4-8-16(15)21/h13,15-16H,3-12H2,1-2H3,(H,19,22)(H,24,25). The molecule has 142 valence electrons. The number of rotatable bonds is 7. The predicted molar refractivity (Wildman–Crippen MR) is 94.0 cm³/mol. The summed E-state index contributed by atoms with van der Waals surface area (Å²) in [4.78, 5) is 38.9. The van der Waals surface area contributed by atoms with Crippen LogP contribution in [-0.2, 0) is 14.4 Å². The second-order valence-corrected chi connectivity index (χ2v) is 7.31. The van der Waals surface area contributed by atoms with E-state index in [1.807, 2.05) is 4.90 Å². The summed E-state index contributed by atoms with van der Waals surface area (Å²) in [7, 11) is 0. The van der Waals surface area contributed by atoms with Crippen LogP contribution in [0.3, 0.4) is 0 Å². The molecule has 0 spiro atoms. The number of carbonyl (C=O) groups is 3. The summed E-state index contributed by atoms with van der Waals surface area (Å²) in [5.74, 6) is -0.483. The SMILES string of the molecule is CC(=O)NCCN(CC(=O)N1CCCC2CCCCC21)C(C)C(=O)O. The van der Waals surface area contributed by atoms with Crippen LogP contribution in [0.1, 0.15) is 52.4 Å². The second kappa shape index (κ2) is 9.17. The van der Waals surface area contributed by atoms with E-state index in [1.165, 1.54) is 32.6 Å². The monoisotopic (exact) mass is 353 g/mol. The molecule has 1 aliphatic heterocycles. The molecule has 0 aromatic rings. The number of amides is 2. The van der Waals surface area contributed by atoms with Gasteiger partial charge in [-0.25, -0.2) is 0 Å². The lowest BCUT2D eigenvalue weighted by atomic mass is 9.78. The fraction of sp³-hybridized carbons (Fsp3) is 0.833. The average Bonchev–Trinajstić information content (AvgIpc) is 2.59. The molecule has 3 unspecified atom stereocenters. The number of piperidine rings is 1. The van der Waals surface area contributed by atoms with Crippen molar-refractivity contribution in [1.29, 1.82) is 0 Å². The van der Waals surface area contributed by atoms with Crippen molar-refractivity contribution < 1.29 is 19.5 Å². The first-order valence-corrected chi connectivity index (χ1v) is 9.41. The lowest BCUT2D eigenvalue weighted by Crippen LogP contribution is -2.54. The summed E-state index contributed by atoms with van der Waals surface area (Å²) in [6.45, 7) is 4.57. The van der Waals surface area contributed by atoms with Gasteiger partial charge in [0.2, 0.25) is 11.8 Å². The molecule has 25 heavy (non-hydrogen) atoms. The first-order chi connectivity index (χ1) is 11.9. The number of nitrogens with zero attached hydrogens (tertiary/aromatic N) is 2. The molecule has 3 atom stereocenters. The lowest BCUT2D eigenvalue weighted by Gasteiger charge is -2.44. The second-order valence-electron chi connectivity index (χ2n) is 7.31. The normalized spacial score (nSPS) is 24.5. The Labute approximate surface area is 149 Å². The molecule has 1 heterocycles. The summed E-state index contributed by atoms with van der Waals surface area (Å²) >= 11 is 0. The molecule has 7 nitrogen and oxygen atoms in total. The Hall–Kier alpha value is -1.63. The van der Waals surface area contributed by atoms with E-state index in [2.05, 4.69) is 5.32 Å². The van der Waals surface area contributed by atoms with Crippen LogP contribution in [0.4, 0.5) is 0 Å². The van der Waals surface area contributed by atoms with Crippen LogP contribution in [-0.4, -0.2) is 71.0 Å². The third-order valence-corrected chi connectivity index (χ3v) is 5.58. The zero-order valence-corrected chi connectivity index (χ0v) is 15.4. The third-order valence-electron chi connectivity index (χ3n) is 5.58. The number of hydrogen-bond donors (Lipinski definition) is 2. The van der Waals surface area contributed by atoms with Crippen LogP contribution in [0, 0.1) is 5.92 Å². The van der Waals surface area contributed by atoms with Gasteiger partial charge in [0.25, 0.3) is 0 Å². The highest BCUT2D eigenvalue weighted by atomic mass is 16.4. The smallest absolute Gasteiger partial charge is 0.320 e. The van der Waals surface area contributed by atoms with Gasteiger partial charge in [-0.1, -0.05) is 12.8 Å². The van der Waals surface area contributed by atoms with Crippen molar-refractivity contribution in [2.75, 3.05) is 26.2 Å². The Morgan fingerprint density at radius 1 is 1.20 bits per heavy atom. The molecule has 1 saturated heterocycles. The average molecular weight is 353 g/mol. The summed E-state index contributed by atoms with van der Waals surface area (Å²) < 4.78 is 0. The van der Waals surface area contributed by atoms with Gasteiger partial charge >= 0.3 is 5.97 Å². The van der Waals surface area contributed by atoms with Crippen LogP contribution in [0.5, 0.6) is 0 Å². The van der Waals surface area contributed by atoms with Gasteiger partial charge in [-0.2, -0.15) is 0 Å². The molecule has 2 aliphatic rings. The van der Waals surface area contributed by atoms with Crippen molar-refractivity contribution in [2.45, 2.75) is 64.5 Å². The van der Waals surface area contributed by atoms with Crippen LogP contribution >= 0.6 is 0 Å². The predicted octanol–water partition coefficient (Wildman–Crippen LogP) is 1.08. The van der Waals surface area contributed by atoms with Crippen molar-refractivity contribution in [2.24, 2.45) is 5.92 Å². The Morgan fingerprint density at radius 2 is 1.88 bits per heavy atom. The number of carboxylic acids is 1. The highest BCUT2D eigenvalue weighted by molar-refractivity contribution is 5.80. The van der Waals surface area contributed by atoms with E-state index in [0.717, 1.165) is 19.4 Å². The molecule has 0 bridgehead atoms. The molecule has 2 N–H and O–H groups in total. The number of nitrogens with one attached hydrogen (secondary N) is 1. The summed E-state index contributed by atoms with van der Waals surface area (Å²) in [5.41, 5.74) is 0. The van der Waals surface area contributed by atoms with Gasteiger partial charge in [-0.15, -0.1) is 0 Å². The number of fused-ring (bicyclic) bond motifs is 1. The van der Waals surface area contributed by atoms with Gasteiger partial charge in [0, 0.05) is 32.6 Å². The number of carbonyl (C=O) groups excluding carboxylic acids is 2. The van der Waals surface area contributed by atoms with E-state index in [0.29, 0.717) is 25.0 Å². The van der Waals surface area contributed by atoms with Crippen LogP contribution in [0.25, 0.3) is 0 Å². The maximum absolute atomic E-state index is 12.9. The van der Waals surface area contributed by atoms with E-state index in [1.54, 1.807) is 11.8 Å². The van der Waals surface area contributed by atoms with Crippen LogP contribution < -0.4 is 5.32 Å². The van der Waals surface area contributed by atoms with Gasteiger partial charge in [0.1, 0.15) is 6.04 Å². The minimum Gasteiger partial charge on any atom is -0.480 e. The highest BCUT2D eigenvalue weighted by Crippen LogP contribution is 2.35. The molecule has 0 radical (unpaired) electrons. The topological polar surface area (TPSA) is 90.0 Å². The summed E-state index contributed by atoms with van der Waals surface area (Å²) in [6, 6.07) is -0.433. The molecular formula is C18H31N3O4. The van der Waals surface area contributed by atoms with Crippen molar-refractivity contribution in [3.63, 3.8) is 0 Å². The maximum Gasteiger partial charge on any atom is 0.320 e. The molecule has 1 aliphatic carbocycles. The molecule has 2 rings (SSSR count). The molecule has 2 fully saturated rings. The molecule has 7 heteroatoms. The van der Waals surface area contributed by atoms with E-state index >= 15 is 0 Å². The Kier molecular flexibility index (Phi) is 7.23. The molecular weight excluding hydrogens is 322 g/mol. The number of likely N-dealkylation sites (tertiary alicyclic amines) is 1. The maximum atomic E-state index is 12.9. The van der Waals surface area contributed by atoms with E-state index < -0.39 is 12.0 Å². The van der Waals surface area contributed by atoms with Crippen molar-refractivity contribution in [3.8, 4) is 0 Å². The molecule has 2 amide bonds. The van der Waals surface area contributed by atoms with Gasteiger partial charge in [-0.05, 0) is 38.5 Å². The number of carboxylic acid groups (broad SMARTS) is 1. The number of aliphatic carboxylic acids is 1. The Morgan fingerprint density at radius 3 is 2.56 bits per heavy atom. The molecule has 0 aromatic heterocycles. The van der Waals surface area contributed by atoms with Gasteiger partial charge < -0.3 is 15.3 Å². The summed E-state index contributed by atoms with van der Waals surface area (Å²) in [5, 5.41) is 12.0. The van der Waals surface area contributed by atoms with Crippen LogP contribution in [0.15, 0.2) is 0 Å². The number of hydrogen-bond acceptors (Lipinski definition) is 4. The lowest BCUT2D eigenvalue weighted by molar-refractivity contribution is -0.145. The third kappa shape index (κ3) is 5.42. The van der Waals surface area contributed by atoms with Crippen molar-refractivity contribution in [1.82, 2.24) is 15.1 Å². The highest BCUT2D eigenvalue weighted by Gasteiger charge is 2.36. The Balaban J connectivity index is 1.99. The van der Waals surface area contributed by atoms with Crippen LogP contribution in [0.2, 0.25) is 0 Å². The van der Waals surface area contributed by atoms with E-state index in [4.69, 9.17) is 0 Å². The molecule has 1 saturated carbocycles. The fourth-order valence-corrected chi connectivity index (χ4v) is 4.14. The minimum absolute atomic E-state index is 0.0209. The zero-order valence-electron chi connectivity index (χ0n) is 15.4. The first kappa shape index (κ1) is 19.7.